The highest BCUT2D eigenvalue weighted by Crippen LogP contribution is 2.25. The Morgan fingerprint density at radius 1 is 1.40 bits per heavy atom. The van der Waals surface area contributed by atoms with Crippen LogP contribution in [0.1, 0.15) is 36.3 Å². The van der Waals surface area contributed by atoms with Crippen LogP contribution >= 0.6 is 0 Å². The zero-order valence-electron chi connectivity index (χ0n) is 11.3. The van der Waals surface area contributed by atoms with Gasteiger partial charge >= 0.3 is 0 Å². The Labute approximate surface area is 117 Å². The first kappa shape index (κ1) is 12.8. The van der Waals surface area contributed by atoms with Crippen LogP contribution in [-0.2, 0) is 17.6 Å². The standard InChI is InChI=1S/C14H17N5O/c1-9(13-16-18-19-17-13)15-14(20)12-7-6-10-4-2-3-5-11(10)8-12/h2-5,9,12H,6-8H2,1H3,(H,15,20)(H,16,17,18,19). The van der Waals surface area contributed by atoms with Gasteiger partial charge in [-0.25, -0.2) is 0 Å². The fourth-order valence-electron chi connectivity index (χ4n) is 2.67. The number of rotatable bonds is 3. The first-order valence-electron chi connectivity index (χ1n) is 6.84. The normalized spacial score (nSPS) is 19.1. The van der Waals surface area contributed by atoms with E-state index in [1.165, 1.54) is 11.1 Å². The first-order valence-corrected chi connectivity index (χ1v) is 6.84. The van der Waals surface area contributed by atoms with Crippen LogP contribution in [0.4, 0.5) is 0 Å². The molecule has 104 valence electrons. The topological polar surface area (TPSA) is 83.6 Å². The molecule has 6 nitrogen and oxygen atoms in total. The summed E-state index contributed by atoms with van der Waals surface area (Å²) in [6.45, 7) is 1.86. The SMILES string of the molecule is CC(NC(=O)C1CCc2ccccc2C1)c1nn[nH]n1. The summed E-state index contributed by atoms with van der Waals surface area (Å²) in [5.41, 5.74) is 2.65. The summed E-state index contributed by atoms with van der Waals surface area (Å²) in [5.74, 6) is 0.602. The molecule has 2 unspecified atom stereocenters. The van der Waals surface area contributed by atoms with E-state index in [-0.39, 0.29) is 17.9 Å². The van der Waals surface area contributed by atoms with Crippen molar-refractivity contribution in [2.75, 3.05) is 0 Å². The maximum absolute atomic E-state index is 12.3. The maximum Gasteiger partial charge on any atom is 0.224 e. The van der Waals surface area contributed by atoms with E-state index >= 15 is 0 Å². The van der Waals surface area contributed by atoms with Gasteiger partial charge in [-0.1, -0.05) is 29.5 Å². The number of hydrogen-bond acceptors (Lipinski definition) is 4. The number of carbonyl (C=O) groups excluding carboxylic acids is 1. The van der Waals surface area contributed by atoms with Crippen LogP contribution in [0, 0.1) is 5.92 Å². The zero-order valence-corrected chi connectivity index (χ0v) is 11.3. The van der Waals surface area contributed by atoms with Gasteiger partial charge in [-0.05, 0) is 37.3 Å². The summed E-state index contributed by atoms with van der Waals surface area (Å²) < 4.78 is 0. The third-order valence-electron chi connectivity index (χ3n) is 3.83. The van der Waals surface area contributed by atoms with E-state index in [4.69, 9.17) is 0 Å². The summed E-state index contributed by atoms with van der Waals surface area (Å²) in [7, 11) is 0. The predicted octanol–water partition coefficient (Wildman–Crippen LogP) is 1.18. The minimum Gasteiger partial charge on any atom is -0.346 e. The Kier molecular flexibility index (Phi) is 3.45. The number of nitrogens with one attached hydrogen (secondary N) is 2. The third kappa shape index (κ3) is 2.54. The second kappa shape index (κ2) is 5.40. The van der Waals surface area contributed by atoms with Crippen LogP contribution < -0.4 is 5.32 Å². The van der Waals surface area contributed by atoms with E-state index in [0.29, 0.717) is 5.82 Å². The lowest BCUT2D eigenvalue weighted by Gasteiger charge is -2.24. The summed E-state index contributed by atoms with van der Waals surface area (Å²) in [6, 6.07) is 8.11. The minimum atomic E-state index is -0.224. The lowest BCUT2D eigenvalue weighted by Crippen LogP contribution is -2.36. The molecule has 1 heterocycles. The molecule has 0 saturated carbocycles. The van der Waals surface area contributed by atoms with Crippen LogP contribution in [0.5, 0.6) is 0 Å². The van der Waals surface area contributed by atoms with Crippen molar-refractivity contribution in [3.8, 4) is 0 Å². The van der Waals surface area contributed by atoms with Crippen LogP contribution in [-0.4, -0.2) is 26.5 Å². The highest BCUT2D eigenvalue weighted by Gasteiger charge is 2.26. The molecule has 6 heteroatoms. The zero-order chi connectivity index (χ0) is 13.9. The molecule has 1 amide bonds. The number of aryl methyl sites for hydroxylation is 1. The van der Waals surface area contributed by atoms with Crippen LogP contribution in [0.25, 0.3) is 0 Å². The lowest BCUT2D eigenvalue weighted by atomic mass is 9.83. The van der Waals surface area contributed by atoms with Gasteiger partial charge in [0.25, 0.3) is 0 Å². The fourth-order valence-corrected chi connectivity index (χ4v) is 2.67. The average Bonchev–Trinajstić information content (AvgIpc) is 3.01. The van der Waals surface area contributed by atoms with E-state index in [0.717, 1.165) is 19.3 Å². The van der Waals surface area contributed by atoms with Gasteiger partial charge in [0.15, 0.2) is 5.82 Å². The molecular weight excluding hydrogens is 254 g/mol. The molecule has 0 spiro atoms. The van der Waals surface area contributed by atoms with Crippen molar-refractivity contribution in [1.29, 1.82) is 0 Å². The van der Waals surface area contributed by atoms with Gasteiger partial charge in [0.2, 0.25) is 5.91 Å². The molecule has 1 aliphatic carbocycles. The molecule has 2 N–H and O–H groups in total. The molecule has 0 aliphatic heterocycles. The van der Waals surface area contributed by atoms with Gasteiger partial charge in [-0.2, -0.15) is 5.21 Å². The quantitative estimate of drug-likeness (QED) is 0.878. The van der Waals surface area contributed by atoms with Crippen molar-refractivity contribution < 1.29 is 4.79 Å². The van der Waals surface area contributed by atoms with Crippen molar-refractivity contribution >= 4 is 5.91 Å². The number of aromatic nitrogens is 4. The highest BCUT2D eigenvalue weighted by molar-refractivity contribution is 5.79. The molecule has 0 bridgehead atoms. The van der Waals surface area contributed by atoms with Crippen molar-refractivity contribution in [2.24, 2.45) is 5.92 Å². The summed E-state index contributed by atoms with van der Waals surface area (Å²) in [5, 5.41) is 16.6. The largest absolute Gasteiger partial charge is 0.346 e. The second-order valence-corrected chi connectivity index (χ2v) is 5.21. The van der Waals surface area contributed by atoms with Crippen LogP contribution in [0.15, 0.2) is 24.3 Å². The van der Waals surface area contributed by atoms with E-state index < -0.39 is 0 Å². The summed E-state index contributed by atoms with van der Waals surface area (Å²) in [4.78, 5) is 12.3. The van der Waals surface area contributed by atoms with Gasteiger partial charge in [-0.3, -0.25) is 4.79 Å². The van der Waals surface area contributed by atoms with Gasteiger partial charge in [0, 0.05) is 5.92 Å². The molecule has 0 radical (unpaired) electrons. The predicted molar refractivity (Wildman–Crippen MR) is 72.7 cm³/mol. The number of aromatic amines is 1. The molecule has 2 aromatic rings. The average molecular weight is 271 g/mol. The molecule has 1 aliphatic rings. The molecule has 20 heavy (non-hydrogen) atoms. The second-order valence-electron chi connectivity index (χ2n) is 5.21. The van der Waals surface area contributed by atoms with Crippen LogP contribution in [0.3, 0.4) is 0 Å². The molecule has 3 rings (SSSR count). The summed E-state index contributed by atoms with van der Waals surface area (Å²) >= 11 is 0. The third-order valence-corrected chi connectivity index (χ3v) is 3.83. The van der Waals surface area contributed by atoms with Gasteiger partial charge in [-0.15, -0.1) is 10.2 Å². The van der Waals surface area contributed by atoms with Gasteiger partial charge in [0.1, 0.15) is 0 Å². The number of nitrogens with zero attached hydrogens (tertiary/aromatic N) is 3. The van der Waals surface area contributed by atoms with Gasteiger partial charge in [0.05, 0.1) is 6.04 Å². The van der Waals surface area contributed by atoms with Crippen molar-refractivity contribution in [3.05, 3.63) is 41.2 Å². The Morgan fingerprint density at radius 3 is 2.95 bits per heavy atom. The lowest BCUT2D eigenvalue weighted by molar-refractivity contribution is -0.126. The maximum atomic E-state index is 12.3. The molecule has 1 aromatic heterocycles. The Hall–Kier alpha value is -2.24. The number of H-pyrrole nitrogens is 1. The number of amides is 1. The van der Waals surface area contributed by atoms with Crippen molar-refractivity contribution in [3.63, 3.8) is 0 Å². The van der Waals surface area contributed by atoms with Gasteiger partial charge < -0.3 is 5.32 Å². The fraction of sp³-hybridized carbons (Fsp3) is 0.429. The molecular formula is C14H17N5O. The molecule has 1 aromatic carbocycles. The van der Waals surface area contributed by atoms with E-state index in [2.05, 4.69) is 44.1 Å². The molecule has 0 saturated heterocycles. The molecule has 0 fully saturated rings. The Bertz CT molecular complexity index is 595. The minimum absolute atomic E-state index is 0.0271. The monoisotopic (exact) mass is 271 g/mol. The molecule has 2 atom stereocenters. The van der Waals surface area contributed by atoms with Crippen LogP contribution in [0.2, 0.25) is 0 Å². The first-order chi connectivity index (χ1) is 9.74. The van der Waals surface area contributed by atoms with E-state index in [1.807, 2.05) is 13.0 Å². The highest BCUT2D eigenvalue weighted by atomic mass is 16.1. The number of tetrazole rings is 1. The van der Waals surface area contributed by atoms with E-state index in [1.54, 1.807) is 0 Å². The van der Waals surface area contributed by atoms with Crippen molar-refractivity contribution in [1.82, 2.24) is 25.9 Å². The Morgan fingerprint density at radius 2 is 2.20 bits per heavy atom. The summed E-state index contributed by atoms with van der Waals surface area (Å²) in [6.07, 6.45) is 2.66. The number of carbonyl (C=O) groups is 1. The van der Waals surface area contributed by atoms with E-state index in [9.17, 15) is 4.79 Å². The van der Waals surface area contributed by atoms with Crippen molar-refractivity contribution in [2.45, 2.75) is 32.2 Å². The smallest absolute Gasteiger partial charge is 0.224 e. The Balaban J connectivity index is 1.64. The number of fused-ring (bicyclic) bond motifs is 1. The number of hydrogen-bond donors (Lipinski definition) is 2. The number of benzene rings is 1.